The predicted octanol–water partition coefficient (Wildman–Crippen LogP) is 1.81. The number of halogens is 1. The zero-order valence-electron chi connectivity index (χ0n) is 15.4. The quantitative estimate of drug-likeness (QED) is 0.567. The molecule has 0 bridgehead atoms. The van der Waals surface area contributed by atoms with E-state index in [1.165, 1.54) is 22.4 Å². The van der Waals surface area contributed by atoms with E-state index in [4.69, 9.17) is 22.6 Å². The van der Waals surface area contributed by atoms with Gasteiger partial charge in [-0.1, -0.05) is 17.7 Å². The highest BCUT2D eigenvalue weighted by molar-refractivity contribution is 6.32. The van der Waals surface area contributed by atoms with Crippen LogP contribution in [-0.4, -0.2) is 43.0 Å². The maximum absolute atomic E-state index is 11.7. The number of ketones is 1. The van der Waals surface area contributed by atoms with Crippen molar-refractivity contribution in [3.63, 3.8) is 0 Å². The molecule has 9 nitrogen and oxygen atoms in total. The number of carbonyl (C=O) groups is 2. The molecule has 0 saturated carbocycles. The highest BCUT2D eigenvalue weighted by Gasteiger charge is 2.20. The molecule has 1 unspecified atom stereocenters. The number of nitrogens with zero attached hydrogens (tertiary/aromatic N) is 5. The summed E-state index contributed by atoms with van der Waals surface area (Å²) in [5, 5.41) is 27.7. The lowest BCUT2D eigenvalue weighted by molar-refractivity contribution is 0.0982. The standard InChI is InChI=1S/C19H17ClN6O3/c1-11(28)17-7-18(19(22)29)26(24-17)9-14(10-27)25-5-4-16(23-25)12-2-3-13(8-21)15(20)6-12/h2-7,14,27H,9-10H2,1H3,(H2,22,29). The summed E-state index contributed by atoms with van der Waals surface area (Å²) >= 11 is 6.08. The minimum absolute atomic E-state index is 0.0694. The van der Waals surface area contributed by atoms with Crippen LogP contribution in [0.4, 0.5) is 0 Å². The first-order valence-corrected chi connectivity index (χ1v) is 8.96. The van der Waals surface area contributed by atoms with E-state index in [9.17, 15) is 14.7 Å². The van der Waals surface area contributed by atoms with Gasteiger partial charge in [0.05, 0.1) is 35.5 Å². The molecule has 3 aromatic rings. The third kappa shape index (κ3) is 4.18. The second-order valence-electron chi connectivity index (χ2n) is 6.34. The Hall–Kier alpha value is -3.48. The monoisotopic (exact) mass is 412 g/mol. The van der Waals surface area contributed by atoms with E-state index in [-0.39, 0.29) is 30.3 Å². The topological polar surface area (TPSA) is 140 Å². The fourth-order valence-corrected chi connectivity index (χ4v) is 3.03. The minimum atomic E-state index is -0.727. The molecular weight excluding hydrogens is 396 g/mol. The van der Waals surface area contributed by atoms with Gasteiger partial charge in [0.25, 0.3) is 5.91 Å². The molecule has 2 heterocycles. The van der Waals surface area contributed by atoms with Crippen LogP contribution in [0.25, 0.3) is 11.3 Å². The van der Waals surface area contributed by atoms with Gasteiger partial charge in [-0.15, -0.1) is 0 Å². The lowest BCUT2D eigenvalue weighted by atomic mass is 10.1. The fourth-order valence-electron chi connectivity index (χ4n) is 2.81. The smallest absolute Gasteiger partial charge is 0.267 e. The number of rotatable bonds is 7. The van der Waals surface area contributed by atoms with Crippen molar-refractivity contribution in [2.75, 3.05) is 6.61 Å². The second kappa shape index (κ2) is 8.26. The first kappa shape index (κ1) is 20.3. The number of aromatic nitrogens is 4. The molecule has 1 aromatic carbocycles. The molecule has 0 saturated heterocycles. The van der Waals surface area contributed by atoms with Crippen LogP contribution in [0.1, 0.15) is 39.5 Å². The number of Topliss-reactive ketones (excluding diaryl/α,β-unsaturated/α-hetero) is 1. The normalized spacial score (nSPS) is 11.8. The largest absolute Gasteiger partial charge is 0.394 e. The van der Waals surface area contributed by atoms with Gasteiger partial charge in [0.1, 0.15) is 17.5 Å². The summed E-state index contributed by atoms with van der Waals surface area (Å²) in [6.07, 6.45) is 1.67. The molecule has 1 atom stereocenters. The first-order chi connectivity index (χ1) is 13.8. The fraction of sp³-hybridized carbons (Fsp3) is 0.211. The molecule has 0 spiro atoms. The van der Waals surface area contributed by atoms with Gasteiger partial charge >= 0.3 is 0 Å². The van der Waals surface area contributed by atoms with Crippen molar-refractivity contribution in [1.29, 1.82) is 5.26 Å². The molecule has 1 amide bonds. The van der Waals surface area contributed by atoms with E-state index in [0.29, 0.717) is 21.8 Å². The maximum atomic E-state index is 11.7. The van der Waals surface area contributed by atoms with Crippen LogP contribution in [0, 0.1) is 11.3 Å². The van der Waals surface area contributed by atoms with Gasteiger partial charge in [0.2, 0.25) is 0 Å². The van der Waals surface area contributed by atoms with Crippen LogP contribution in [0.2, 0.25) is 5.02 Å². The van der Waals surface area contributed by atoms with Gasteiger partial charge in [-0.05, 0) is 18.2 Å². The number of nitriles is 1. The molecule has 3 N–H and O–H groups in total. The molecule has 10 heteroatoms. The Kier molecular flexibility index (Phi) is 5.77. The molecule has 0 radical (unpaired) electrons. The van der Waals surface area contributed by atoms with Crippen LogP contribution < -0.4 is 5.73 Å². The first-order valence-electron chi connectivity index (χ1n) is 8.58. The number of primary amides is 1. The molecule has 0 fully saturated rings. The molecule has 0 aliphatic heterocycles. The van der Waals surface area contributed by atoms with Crippen LogP contribution in [0.3, 0.4) is 0 Å². The number of hydrogen-bond donors (Lipinski definition) is 2. The van der Waals surface area contributed by atoms with E-state index in [1.54, 1.807) is 30.5 Å². The Labute approximate surface area is 170 Å². The number of benzene rings is 1. The zero-order chi connectivity index (χ0) is 21.1. The van der Waals surface area contributed by atoms with Crippen molar-refractivity contribution in [1.82, 2.24) is 19.6 Å². The summed E-state index contributed by atoms with van der Waals surface area (Å²) in [5.74, 6) is -1.03. The van der Waals surface area contributed by atoms with Crippen LogP contribution in [-0.2, 0) is 6.54 Å². The Balaban J connectivity index is 1.89. The van der Waals surface area contributed by atoms with Crippen molar-refractivity contribution < 1.29 is 14.7 Å². The summed E-state index contributed by atoms with van der Waals surface area (Å²) in [6, 6.07) is 9.46. The Morgan fingerprint density at radius 2 is 2.07 bits per heavy atom. The number of carbonyl (C=O) groups excluding carboxylic acids is 2. The number of amides is 1. The Bertz CT molecular complexity index is 1130. The predicted molar refractivity (Wildman–Crippen MR) is 104 cm³/mol. The van der Waals surface area contributed by atoms with Crippen molar-refractivity contribution in [3.05, 3.63) is 58.5 Å². The van der Waals surface area contributed by atoms with E-state index in [2.05, 4.69) is 10.2 Å². The highest BCUT2D eigenvalue weighted by atomic mass is 35.5. The molecule has 29 heavy (non-hydrogen) atoms. The number of aliphatic hydroxyl groups is 1. The second-order valence-corrected chi connectivity index (χ2v) is 6.75. The van der Waals surface area contributed by atoms with Gasteiger partial charge < -0.3 is 10.8 Å². The van der Waals surface area contributed by atoms with Crippen molar-refractivity contribution in [2.45, 2.75) is 19.5 Å². The van der Waals surface area contributed by atoms with E-state index in [0.717, 1.165) is 0 Å². The summed E-state index contributed by atoms with van der Waals surface area (Å²) in [7, 11) is 0. The van der Waals surface area contributed by atoms with Gasteiger partial charge in [-0.2, -0.15) is 15.5 Å². The highest BCUT2D eigenvalue weighted by Crippen LogP contribution is 2.25. The Morgan fingerprint density at radius 3 is 2.66 bits per heavy atom. The molecule has 0 aliphatic rings. The van der Waals surface area contributed by atoms with Crippen molar-refractivity contribution >= 4 is 23.3 Å². The van der Waals surface area contributed by atoms with Crippen LogP contribution in [0.5, 0.6) is 0 Å². The maximum Gasteiger partial charge on any atom is 0.267 e. The third-order valence-electron chi connectivity index (χ3n) is 4.36. The average molecular weight is 413 g/mol. The summed E-state index contributed by atoms with van der Waals surface area (Å²) < 4.78 is 2.82. The summed E-state index contributed by atoms with van der Waals surface area (Å²) in [6.45, 7) is 1.13. The molecule has 3 rings (SSSR count). The van der Waals surface area contributed by atoms with E-state index < -0.39 is 11.9 Å². The number of nitrogens with two attached hydrogens (primary N) is 1. The Morgan fingerprint density at radius 1 is 1.31 bits per heavy atom. The lowest BCUT2D eigenvalue weighted by Gasteiger charge is -2.16. The van der Waals surface area contributed by atoms with Gasteiger partial charge in [-0.25, -0.2) is 0 Å². The third-order valence-corrected chi connectivity index (χ3v) is 4.67. The SMILES string of the molecule is CC(=O)c1cc(C(N)=O)n(CC(CO)n2ccc(-c3ccc(C#N)c(Cl)c3)n2)n1. The van der Waals surface area contributed by atoms with E-state index in [1.807, 2.05) is 6.07 Å². The molecule has 148 valence electrons. The zero-order valence-corrected chi connectivity index (χ0v) is 16.2. The van der Waals surface area contributed by atoms with E-state index >= 15 is 0 Å². The van der Waals surface area contributed by atoms with Gasteiger partial charge in [-0.3, -0.25) is 19.0 Å². The molecular formula is C19H17ClN6O3. The van der Waals surface area contributed by atoms with Gasteiger partial charge in [0, 0.05) is 24.8 Å². The van der Waals surface area contributed by atoms with Gasteiger partial charge in [0.15, 0.2) is 5.78 Å². The van der Waals surface area contributed by atoms with Crippen LogP contribution >= 0.6 is 11.6 Å². The number of aliphatic hydroxyl groups excluding tert-OH is 1. The van der Waals surface area contributed by atoms with Crippen molar-refractivity contribution in [2.24, 2.45) is 5.73 Å². The van der Waals surface area contributed by atoms with Crippen LogP contribution in [0.15, 0.2) is 36.5 Å². The number of hydrogen-bond acceptors (Lipinski definition) is 6. The summed E-state index contributed by atoms with van der Waals surface area (Å²) in [5.41, 5.74) is 7.22. The van der Waals surface area contributed by atoms with Crippen molar-refractivity contribution in [3.8, 4) is 17.3 Å². The molecule has 2 aromatic heterocycles. The minimum Gasteiger partial charge on any atom is -0.394 e. The average Bonchev–Trinajstić information content (AvgIpc) is 3.33. The molecule has 0 aliphatic carbocycles. The summed E-state index contributed by atoms with van der Waals surface area (Å²) in [4.78, 5) is 23.2. The lowest BCUT2D eigenvalue weighted by Crippen LogP contribution is -2.25.